The summed E-state index contributed by atoms with van der Waals surface area (Å²) in [5.74, 6) is 1.13. The third kappa shape index (κ3) is 2.86. The molecule has 0 saturated heterocycles. The Kier molecular flexibility index (Phi) is 3.70. The molecule has 1 aromatic heterocycles. The second-order valence-electron chi connectivity index (χ2n) is 4.58. The van der Waals surface area contributed by atoms with E-state index >= 15 is 0 Å². The van der Waals surface area contributed by atoms with Gasteiger partial charge in [-0.2, -0.15) is 0 Å². The van der Waals surface area contributed by atoms with Gasteiger partial charge in [0.2, 0.25) is 5.91 Å². The van der Waals surface area contributed by atoms with E-state index in [0.29, 0.717) is 5.92 Å². The summed E-state index contributed by atoms with van der Waals surface area (Å²) in [5, 5.41) is 2.09. The molecule has 0 N–H and O–H groups in total. The molecule has 0 aliphatic heterocycles. The van der Waals surface area contributed by atoms with Crippen LogP contribution in [-0.4, -0.2) is 17.9 Å². The molecule has 0 bridgehead atoms. The zero-order valence-corrected chi connectivity index (χ0v) is 12.0. The van der Waals surface area contributed by atoms with Crippen LogP contribution in [0.15, 0.2) is 15.2 Å². The summed E-state index contributed by atoms with van der Waals surface area (Å²) in [6.45, 7) is 2.78. The van der Waals surface area contributed by atoms with E-state index in [9.17, 15) is 4.79 Å². The van der Waals surface area contributed by atoms with Gasteiger partial charge in [0.1, 0.15) is 0 Å². The first-order chi connectivity index (χ1) is 7.58. The molecule has 2 rings (SSSR count). The summed E-state index contributed by atoms with van der Waals surface area (Å²) < 4.78 is 1.12. The standard InChI is InChI=1S/C12H16BrNOS/c1-8(10-3-4-10)12(15)14(2)6-9-5-11(13)16-7-9/h5,7-8,10H,3-4,6H2,1-2H3. The summed E-state index contributed by atoms with van der Waals surface area (Å²) in [7, 11) is 1.90. The number of carbonyl (C=O) groups excluding carboxylic acids is 1. The highest BCUT2D eigenvalue weighted by Gasteiger charge is 2.33. The molecule has 1 unspecified atom stereocenters. The van der Waals surface area contributed by atoms with Gasteiger partial charge in [0.05, 0.1) is 3.79 Å². The van der Waals surface area contributed by atoms with E-state index in [0.717, 1.165) is 10.3 Å². The first kappa shape index (κ1) is 12.1. The number of hydrogen-bond acceptors (Lipinski definition) is 2. The molecule has 1 aromatic rings. The fourth-order valence-electron chi connectivity index (χ4n) is 1.93. The number of thiophene rings is 1. The Morgan fingerprint density at radius 2 is 2.38 bits per heavy atom. The van der Waals surface area contributed by atoms with Crippen molar-refractivity contribution in [2.45, 2.75) is 26.3 Å². The van der Waals surface area contributed by atoms with Gasteiger partial charge in [0.15, 0.2) is 0 Å². The van der Waals surface area contributed by atoms with Crippen LogP contribution in [0.25, 0.3) is 0 Å². The lowest BCUT2D eigenvalue weighted by atomic mass is 10.1. The molecule has 0 radical (unpaired) electrons. The summed E-state index contributed by atoms with van der Waals surface area (Å²) >= 11 is 5.10. The fraction of sp³-hybridized carbons (Fsp3) is 0.583. The molecule has 1 amide bonds. The van der Waals surface area contributed by atoms with Crippen LogP contribution in [0.3, 0.4) is 0 Å². The lowest BCUT2D eigenvalue weighted by Crippen LogP contribution is -2.31. The Labute approximate surface area is 109 Å². The lowest BCUT2D eigenvalue weighted by molar-refractivity contribution is -0.134. The monoisotopic (exact) mass is 301 g/mol. The maximum atomic E-state index is 12.1. The Hall–Kier alpha value is -0.350. The minimum Gasteiger partial charge on any atom is -0.341 e. The van der Waals surface area contributed by atoms with E-state index in [2.05, 4.69) is 34.3 Å². The van der Waals surface area contributed by atoms with Gasteiger partial charge < -0.3 is 4.90 Å². The zero-order chi connectivity index (χ0) is 11.7. The smallest absolute Gasteiger partial charge is 0.225 e. The molecular weight excluding hydrogens is 286 g/mol. The van der Waals surface area contributed by atoms with Gasteiger partial charge >= 0.3 is 0 Å². The molecule has 0 aromatic carbocycles. The lowest BCUT2D eigenvalue weighted by Gasteiger charge is -2.20. The molecule has 1 aliphatic carbocycles. The maximum absolute atomic E-state index is 12.1. The molecule has 1 atom stereocenters. The minimum atomic E-state index is 0.201. The van der Waals surface area contributed by atoms with Crippen LogP contribution in [-0.2, 0) is 11.3 Å². The molecule has 4 heteroatoms. The number of rotatable bonds is 4. The largest absolute Gasteiger partial charge is 0.341 e. The van der Waals surface area contributed by atoms with Crippen molar-refractivity contribution >= 4 is 33.2 Å². The van der Waals surface area contributed by atoms with E-state index in [-0.39, 0.29) is 11.8 Å². The van der Waals surface area contributed by atoms with Crippen LogP contribution >= 0.6 is 27.3 Å². The predicted octanol–water partition coefficient (Wildman–Crippen LogP) is 3.52. The third-order valence-electron chi connectivity index (χ3n) is 3.14. The molecule has 88 valence electrons. The highest BCUT2D eigenvalue weighted by atomic mass is 79.9. The van der Waals surface area contributed by atoms with Crippen molar-refractivity contribution < 1.29 is 4.79 Å². The van der Waals surface area contributed by atoms with Crippen LogP contribution in [0.2, 0.25) is 0 Å². The van der Waals surface area contributed by atoms with Crippen LogP contribution in [0.1, 0.15) is 25.3 Å². The van der Waals surface area contributed by atoms with Crippen LogP contribution in [0.5, 0.6) is 0 Å². The van der Waals surface area contributed by atoms with Gasteiger partial charge in [0.25, 0.3) is 0 Å². The van der Waals surface area contributed by atoms with Gasteiger partial charge in [-0.15, -0.1) is 11.3 Å². The number of amides is 1. The average Bonchev–Trinajstić information content (AvgIpc) is 3.02. The quantitative estimate of drug-likeness (QED) is 0.833. The van der Waals surface area contributed by atoms with E-state index in [1.54, 1.807) is 11.3 Å². The summed E-state index contributed by atoms with van der Waals surface area (Å²) in [6, 6.07) is 2.08. The SMILES string of the molecule is CC(C(=O)N(C)Cc1csc(Br)c1)C1CC1. The molecule has 1 aliphatic rings. The van der Waals surface area contributed by atoms with E-state index in [1.807, 2.05) is 11.9 Å². The maximum Gasteiger partial charge on any atom is 0.225 e. The molecular formula is C12H16BrNOS. The Morgan fingerprint density at radius 1 is 1.69 bits per heavy atom. The number of carbonyl (C=O) groups is 1. The van der Waals surface area contributed by atoms with Gasteiger partial charge in [-0.3, -0.25) is 4.79 Å². The van der Waals surface area contributed by atoms with Gasteiger partial charge in [0, 0.05) is 19.5 Å². The van der Waals surface area contributed by atoms with Crippen LogP contribution < -0.4 is 0 Å². The Morgan fingerprint density at radius 3 is 2.88 bits per heavy atom. The minimum absolute atomic E-state index is 0.201. The van der Waals surface area contributed by atoms with Crippen LogP contribution in [0.4, 0.5) is 0 Å². The third-order valence-corrected chi connectivity index (χ3v) is 4.69. The molecule has 2 nitrogen and oxygen atoms in total. The summed E-state index contributed by atoms with van der Waals surface area (Å²) in [5.41, 5.74) is 1.20. The molecule has 1 fully saturated rings. The van der Waals surface area contributed by atoms with Crippen molar-refractivity contribution in [2.24, 2.45) is 11.8 Å². The first-order valence-electron chi connectivity index (χ1n) is 5.56. The van der Waals surface area contributed by atoms with Crippen molar-refractivity contribution in [1.82, 2.24) is 4.90 Å². The molecule has 1 saturated carbocycles. The van der Waals surface area contributed by atoms with E-state index in [4.69, 9.17) is 0 Å². The van der Waals surface area contributed by atoms with E-state index < -0.39 is 0 Å². The van der Waals surface area contributed by atoms with Gasteiger partial charge in [-0.1, -0.05) is 6.92 Å². The van der Waals surface area contributed by atoms with Gasteiger partial charge in [-0.25, -0.2) is 0 Å². The Balaban J connectivity index is 1.91. The second-order valence-corrected chi connectivity index (χ2v) is 6.87. The molecule has 16 heavy (non-hydrogen) atoms. The highest BCUT2D eigenvalue weighted by Crippen LogP contribution is 2.37. The normalized spacial score (nSPS) is 17.2. The van der Waals surface area contributed by atoms with Crippen molar-refractivity contribution in [1.29, 1.82) is 0 Å². The van der Waals surface area contributed by atoms with Crippen molar-refractivity contribution in [3.63, 3.8) is 0 Å². The van der Waals surface area contributed by atoms with Crippen molar-refractivity contribution in [3.8, 4) is 0 Å². The highest BCUT2D eigenvalue weighted by molar-refractivity contribution is 9.11. The molecule has 0 spiro atoms. The number of halogens is 1. The number of nitrogens with zero attached hydrogens (tertiary/aromatic N) is 1. The second kappa shape index (κ2) is 4.88. The average molecular weight is 302 g/mol. The van der Waals surface area contributed by atoms with Crippen molar-refractivity contribution in [2.75, 3.05) is 7.05 Å². The fourth-order valence-corrected chi connectivity index (χ4v) is 3.13. The topological polar surface area (TPSA) is 20.3 Å². The van der Waals surface area contributed by atoms with Gasteiger partial charge in [-0.05, 0) is 51.7 Å². The predicted molar refractivity (Wildman–Crippen MR) is 70.4 cm³/mol. The number of hydrogen-bond donors (Lipinski definition) is 0. The summed E-state index contributed by atoms with van der Waals surface area (Å²) in [4.78, 5) is 13.9. The zero-order valence-electron chi connectivity index (χ0n) is 9.57. The van der Waals surface area contributed by atoms with E-state index in [1.165, 1.54) is 18.4 Å². The van der Waals surface area contributed by atoms with Crippen LogP contribution in [0, 0.1) is 11.8 Å². The van der Waals surface area contributed by atoms with Crippen molar-refractivity contribution in [3.05, 3.63) is 20.8 Å². The molecule has 1 heterocycles. The first-order valence-corrected chi connectivity index (χ1v) is 7.23. The Bertz CT molecular complexity index is 386. The summed E-state index contributed by atoms with van der Waals surface area (Å²) in [6.07, 6.45) is 2.45.